The van der Waals surface area contributed by atoms with E-state index in [9.17, 15) is 0 Å². The van der Waals surface area contributed by atoms with E-state index in [0.717, 1.165) is 17.5 Å². The summed E-state index contributed by atoms with van der Waals surface area (Å²) in [7, 11) is 0. The Kier molecular flexibility index (Phi) is 4.00. The zero-order valence-electron chi connectivity index (χ0n) is 9.70. The van der Waals surface area contributed by atoms with Crippen LogP contribution in [-0.4, -0.2) is 19.3 Å². The Morgan fingerprint density at radius 3 is 2.88 bits per heavy atom. The maximum absolute atomic E-state index is 5.87. The van der Waals surface area contributed by atoms with Crippen LogP contribution in [0.1, 0.15) is 30.6 Å². The van der Waals surface area contributed by atoms with Crippen LogP contribution in [0.3, 0.4) is 0 Å². The molecule has 0 N–H and O–H groups in total. The molecule has 88 valence electrons. The van der Waals surface area contributed by atoms with E-state index < -0.39 is 0 Å². The third-order valence-corrected chi connectivity index (χ3v) is 3.45. The monoisotopic (exact) mass is 284 g/mol. The molecule has 0 aromatic heterocycles. The van der Waals surface area contributed by atoms with Crippen LogP contribution in [0.15, 0.2) is 22.7 Å². The summed E-state index contributed by atoms with van der Waals surface area (Å²) < 4.78 is 12.2. The molecule has 1 aromatic rings. The van der Waals surface area contributed by atoms with Crippen molar-refractivity contribution in [1.29, 1.82) is 0 Å². The van der Waals surface area contributed by atoms with Crippen molar-refractivity contribution in [1.82, 2.24) is 0 Å². The lowest BCUT2D eigenvalue weighted by molar-refractivity contribution is 0.0390. The van der Waals surface area contributed by atoms with E-state index in [1.807, 2.05) is 0 Å². The van der Waals surface area contributed by atoms with Crippen molar-refractivity contribution in [2.24, 2.45) is 0 Å². The average Bonchev–Trinajstić information content (AvgIpc) is 3.05. The summed E-state index contributed by atoms with van der Waals surface area (Å²) in [5.41, 5.74) is 2.49. The van der Waals surface area contributed by atoms with Gasteiger partial charge in [-0.3, -0.25) is 0 Å². The molecule has 0 aliphatic carbocycles. The van der Waals surface area contributed by atoms with Gasteiger partial charge in [-0.15, -0.1) is 0 Å². The summed E-state index contributed by atoms with van der Waals surface area (Å²) >= 11 is 3.60. The highest BCUT2D eigenvalue weighted by molar-refractivity contribution is 9.10. The molecule has 1 aliphatic rings. The van der Waals surface area contributed by atoms with Gasteiger partial charge in [-0.25, -0.2) is 0 Å². The summed E-state index contributed by atoms with van der Waals surface area (Å²) in [5, 5.41) is 0. The Labute approximate surface area is 105 Å². The fourth-order valence-corrected chi connectivity index (χ4v) is 2.46. The van der Waals surface area contributed by atoms with Gasteiger partial charge in [-0.05, 0) is 30.5 Å². The van der Waals surface area contributed by atoms with Gasteiger partial charge in [-0.1, -0.05) is 35.0 Å². The lowest BCUT2D eigenvalue weighted by Gasteiger charge is -2.17. The zero-order chi connectivity index (χ0) is 11.5. The molecule has 0 bridgehead atoms. The Morgan fingerprint density at radius 1 is 1.56 bits per heavy atom. The lowest BCUT2D eigenvalue weighted by atomic mass is 10.1. The average molecular weight is 285 g/mol. The molecule has 1 aliphatic heterocycles. The highest BCUT2D eigenvalue weighted by atomic mass is 79.9. The van der Waals surface area contributed by atoms with Crippen molar-refractivity contribution in [3.05, 3.63) is 33.8 Å². The van der Waals surface area contributed by atoms with Gasteiger partial charge in [0.2, 0.25) is 0 Å². The predicted molar refractivity (Wildman–Crippen MR) is 67.6 cm³/mol. The highest BCUT2D eigenvalue weighted by Gasteiger charge is 2.24. The number of hydrogen-bond acceptors (Lipinski definition) is 2. The molecule has 0 saturated carbocycles. The molecule has 1 aromatic carbocycles. The molecule has 0 unspecified atom stereocenters. The van der Waals surface area contributed by atoms with Crippen LogP contribution in [0, 0.1) is 6.92 Å². The van der Waals surface area contributed by atoms with Crippen molar-refractivity contribution in [2.75, 3.05) is 13.2 Å². The van der Waals surface area contributed by atoms with Crippen LogP contribution >= 0.6 is 15.9 Å². The minimum Gasteiger partial charge on any atom is -0.371 e. The molecule has 2 rings (SSSR count). The number of hydrogen-bond donors (Lipinski definition) is 0. The van der Waals surface area contributed by atoms with E-state index >= 15 is 0 Å². The third-order valence-electron chi connectivity index (χ3n) is 2.76. The second kappa shape index (κ2) is 5.30. The van der Waals surface area contributed by atoms with Crippen molar-refractivity contribution in [3.63, 3.8) is 0 Å². The largest absolute Gasteiger partial charge is 0.371 e. The molecule has 0 radical (unpaired) electrons. The summed E-state index contributed by atoms with van der Waals surface area (Å²) in [6.07, 6.45) is 1.48. The van der Waals surface area contributed by atoms with Gasteiger partial charge in [0.1, 0.15) is 6.10 Å². The summed E-state index contributed by atoms with van der Waals surface area (Å²) in [6.45, 7) is 5.80. The number of epoxide rings is 1. The molecular formula is C13H17BrO2. The van der Waals surface area contributed by atoms with Crippen LogP contribution < -0.4 is 0 Å². The predicted octanol–water partition coefficient (Wildman–Crippen LogP) is 3.62. The van der Waals surface area contributed by atoms with Gasteiger partial charge in [0.05, 0.1) is 19.3 Å². The van der Waals surface area contributed by atoms with E-state index in [1.54, 1.807) is 0 Å². The molecule has 2 nitrogen and oxygen atoms in total. The van der Waals surface area contributed by atoms with Crippen LogP contribution in [0.2, 0.25) is 0 Å². The van der Waals surface area contributed by atoms with Crippen molar-refractivity contribution >= 4 is 15.9 Å². The minimum atomic E-state index is 0.166. The quantitative estimate of drug-likeness (QED) is 0.771. The Morgan fingerprint density at radius 2 is 2.31 bits per heavy atom. The van der Waals surface area contributed by atoms with Crippen LogP contribution in [-0.2, 0) is 9.47 Å². The topological polar surface area (TPSA) is 21.8 Å². The first-order valence-corrected chi connectivity index (χ1v) is 6.49. The third kappa shape index (κ3) is 3.06. The summed E-state index contributed by atoms with van der Waals surface area (Å²) in [5.74, 6) is 0. The Balaban J connectivity index is 2.05. The SMILES string of the molecule is CC[C@@H](OC[C@H]1CO1)c1ccc(C)cc1Br. The number of aryl methyl sites for hydroxylation is 1. The molecule has 2 atom stereocenters. The van der Waals surface area contributed by atoms with Crippen molar-refractivity contribution in [2.45, 2.75) is 32.5 Å². The molecule has 1 fully saturated rings. The molecule has 16 heavy (non-hydrogen) atoms. The van der Waals surface area contributed by atoms with Gasteiger partial charge in [0.25, 0.3) is 0 Å². The van der Waals surface area contributed by atoms with Crippen LogP contribution in [0.4, 0.5) is 0 Å². The first kappa shape index (κ1) is 12.1. The number of rotatable bonds is 5. The molecule has 0 spiro atoms. The van der Waals surface area contributed by atoms with Gasteiger partial charge in [-0.2, -0.15) is 0 Å². The summed E-state index contributed by atoms with van der Waals surface area (Å²) in [6, 6.07) is 6.40. The fourth-order valence-electron chi connectivity index (χ4n) is 1.71. The molecule has 3 heteroatoms. The Hall–Kier alpha value is -0.380. The van der Waals surface area contributed by atoms with Crippen LogP contribution in [0.25, 0.3) is 0 Å². The minimum absolute atomic E-state index is 0.166. The van der Waals surface area contributed by atoms with Crippen molar-refractivity contribution < 1.29 is 9.47 Å². The highest BCUT2D eigenvalue weighted by Crippen LogP contribution is 2.30. The maximum Gasteiger partial charge on any atom is 0.104 e. The normalized spacial score (nSPS) is 20.8. The van der Waals surface area contributed by atoms with E-state index in [-0.39, 0.29) is 6.10 Å². The first-order valence-electron chi connectivity index (χ1n) is 5.70. The zero-order valence-corrected chi connectivity index (χ0v) is 11.3. The fraction of sp³-hybridized carbons (Fsp3) is 0.538. The smallest absolute Gasteiger partial charge is 0.104 e. The van der Waals surface area contributed by atoms with Gasteiger partial charge < -0.3 is 9.47 Å². The van der Waals surface area contributed by atoms with Gasteiger partial charge in [0, 0.05) is 4.47 Å². The van der Waals surface area contributed by atoms with Gasteiger partial charge in [0.15, 0.2) is 0 Å². The standard InChI is InChI=1S/C13H17BrO2/c1-3-13(16-8-10-7-15-10)11-5-4-9(2)6-12(11)14/h4-6,10,13H,3,7-8H2,1-2H3/t10-,13-/m1/s1. The van der Waals surface area contributed by atoms with E-state index in [4.69, 9.17) is 9.47 Å². The Bertz CT molecular complexity index is 361. The number of benzene rings is 1. The second-order valence-electron chi connectivity index (χ2n) is 4.21. The van der Waals surface area contributed by atoms with E-state index in [2.05, 4.69) is 48.0 Å². The lowest BCUT2D eigenvalue weighted by Crippen LogP contribution is -2.09. The van der Waals surface area contributed by atoms with Crippen molar-refractivity contribution in [3.8, 4) is 0 Å². The summed E-state index contributed by atoms with van der Waals surface area (Å²) in [4.78, 5) is 0. The van der Waals surface area contributed by atoms with E-state index in [1.165, 1.54) is 11.1 Å². The molecular weight excluding hydrogens is 268 g/mol. The molecule has 1 heterocycles. The second-order valence-corrected chi connectivity index (χ2v) is 5.06. The molecule has 1 saturated heterocycles. The first-order chi connectivity index (χ1) is 7.70. The maximum atomic E-state index is 5.87. The number of halogens is 1. The molecule has 0 amide bonds. The van der Waals surface area contributed by atoms with Crippen LogP contribution in [0.5, 0.6) is 0 Å². The number of ether oxygens (including phenoxy) is 2. The van der Waals surface area contributed by atoms with E-state index in [0.29, 0.717) is 12.7 Å². The van der Waals surface area contributed by atoms with Gasteiger partial charge >= 0.3 is 0 Å².